The summed E-state index contributed by atoms with van der Waals surface area (Å²) in [5.41, 5.74) is 0.303. The average Bonchev–Trinajstić information content (AvgIpc) is 2.33. The number of hydrogen-bond donors (Lipinski definition) is 0. The van der Waals surface area contributed by atoms with Gasteiger partial charge in [0.1, 0.15) is 0 Å². The van der Waals surface area contributed by atoms with Crippen LogP contribution in [0.3, 0.4) is 0 Å². The molecule has 1 atom stereocenters. The number of hydrogen-bond acceptors (Lipinski definition) is 1. The zero-order valence-electron chi connectivity index (χ0n) is 15.1. The zero-order chi connectivity index (χ0) is 15.4. The molecular weight excluding hydrogens is 260 g/mol. The van der Waals surface area contributed by atoms with Crippen molar-refractivity contribution in [2.45, 2.75) is 111 Å². The third kappa shape index (κ3) is 12.0. The van der Waals surface area contributed by atoms with Gasteiger partial charge in [-0.3, -0.25) is 0 Å². The maximum Gasteiger partial charge on any atom is 0.171 e. The van der Waals surface area contributed by atoms with Gasteiger partial charge in [0.05, 0.1) is 0 Å². The lowest BCUT2D eigenvalue weighted by atomic mass is 9.86. The molecule has 0 radical (unpaired) electrons. The Hall–Kier alpha value is 0.177. The van der Waals surface area contributed by atoms with Gasteiger partial charge in [-0.15, -0.1) is 0 Å². The van der Waals surface area contributed by atoms with Crippen LogP contribution in [-0.2, 0) is 4.43 Å². The van der Waals surface area contributed by atoms with E-state index in [1.807, 2.05) is 0 Å². The van der Waals surface area contributed by atoms with E-state index in [-0.39, 0.29) is 0 Å². The maximum absolute atomic E-state index is 6.23. The molecule has 2 heteroatoms. The van der Waals surface area contributed by atoms with Gasteiger partial charge in [-0.1, -0.05) is 85.5 Å². The highest BCUT2D eigenvalue weighted by atomic mass is 28.3. The van der Waals surface area contributed by atoms with Gasteiger partial charge in [0.15, 0.2) is 9.04 Å². The molecule has 0 heterocycles. The van der Waals surface area contributed by atoms with Crippen molar-refractivity contribution in [3.63, 3.8) is 0 Å². The molecular formula is C18H40OSi. The summed E-state index contributed by atoms with van der Waals surface area (Å²) in [6, 6.07) is 0. The maximum atomic E-state index is 6.23. The predicted molar refractivity (Wildman–Crippen MR) is 95.0 cm³/mol. The van der Waals surface area contributed by atoms with Crippen molar-refractivity contribution in [2.24, 2.45) is 5.41 Å². The Labute approximate surface area is 130 Å². The quantitative estimate of drug-likeness (QED) is 0.302. The molecule has 0 saturated heterocycles. The molecule has 1 unspecified atom stereocenters. The Balaban J connectivity index is 3.59. The third-order valence-electron chi connectivity index (χ3n) is 3.97. The largest absolute Gasteiger partial charge is 0.417 e. The molecule has 0 spiro atoms. The van der Waals surface area contributed by atoms with Gasteiger partial charge in [-0.05, 0) is 24.9 Å². The number of unbranched alkanes of at least 4 members (excludes halogenated alkanes) is 8. The van der Waals surface area contributed by atoms with Gasteiger partial charge < -0.3 is 4.43 Å². The molecule has 1 nitrogen and oxygen atoms in total. The summed E-state index contributed by atoms with van der Waals surface area (Å²) < 4.78 is 6.23. The highest BCUT2D eigenvalue weighted by molar-refractivity contribution is 6.48. The summed E-state index contributed by atoms with van der Waals surface area (Å²) in [6.45, 7) is 13.8. The summed E-state index contributed by atoms with van der Waals surface area (Å²) >= 11 is 0. The van der Waals surface area contributed by atoms with Crippen molar-refractivity contribution in [3.8, 4) is 0 Å². The molecule has 0 aromatic heterocycles. The zero-order valence-corrected chi connectivity index (χ0v) is 16.3. The number of rotatable bonds is 12. The second-order valence-electron chi connectivity index (χ2n) is 7.66. The molecule has 0 aliphatic carbocycles. The van der Waals surface area contributed by atoms with Gasteiger partial charge in [0.25, 0.3) is 0 Å². The SMILES string of the molecule is CCCCCCCCCCCC(O[SiH](C)C)C(C)(C)C. The molecule has 122 valence electrons. The second kappa shape index (κ2) is 11.8. The van der Waals surface area contributed by atoms with Crippen LogP contribution in [0.2, 0.25) is 13.1 Å². The first-order chi connectivity index (χ1) is 9.38. The fraction of sp³-hybridized carbons (Fsp3) is 1.00. The van der Waals surface area contributed by atoms with E-state index in [0.29, 0.717) is 11.5 Å². The van der Waals surface area contributed by atoms with Crippen molar-refractivity contribution in [1.82, 2.24) is 0 Å². The Morgan fingerprint density at radius 1 is 0.800 bits per heavy atom. The van der Waals surface area contributed by atoms with Gasteiger partial charge in [-0.25, -0.2) is 0 Å². The van der Waals surface area contributed by atoms with E-state index in [0.717, 1.165) is 0 Å². The lowest BCUT2D eigenvalue weighted by molar-refractivity contribution is 0.0759. The second-order valence-corrected chi connectivity index (χ2v) is 10.0. The summed E-state index contributed by atoms with van der Waals surface area (Å²) in [7, 11) is -0.910. The van der Waals surface area contributed by atoms with Crippen molar-refractivity contribution in [2.75, 3.05) is 0 Å². The molecule has 0 N–H and O–H groups in total. The van der Waals surface area contributed by atoms with E-state index >= 15 is 0 Å². The van der Waals surface area contributed by atoms with Crippen LogP contribution in [-0.4, -0.2) is 15.1 Å². The van der Waals surface area contributed by atoms with Crippen LogP contribution in [0.1, 0.15) is 91.9 Å². The minimum absolute atomic E-state index is 0.303. The standard InChI is InChI=1S/C18H40OSi/c1-7-8-9-10-11-12-13-14-15-16-17(18(2,3)4)19-20(5)6/h17,20H,7-16H2,1-6H3. The highest BCUT2D eigenvalue weighted by Crippen LogP contribution is 2.27. The van der Waals surface area contributed by atoms with Gasteiger partial charge >= 0.3 is 0 Å². The van der Waals surface area contributed by atoms with Gasteiger partial charge in [0.2, 0.25) is 0 Å². The Morgan fingerprint density at radius 2 is 1.25 bits per heavy atom. The monoisotopic (exact) mass is 300 g/mol. The lowest BCUT2D eigenvalue weighted by Crippen LogP contribution is -2.33. The summed E-state index contributed by atoms with van der Waals surface area (Å²) in [5, 5.41) is 0. The van der Waals surface area contributed by atoms with Gasteiger partial charge in [0, 0.05) is 6.10 Å². The first kappa shape index (κ1) is 20.2. The first-order valence-electron chi connectivity index (χ1n) is 9.03. The van der Waals surface area contributed by atoms with Crippen molar-refractivity contribution in [3.05, 3.63) is 0 Å². The summed E-state index contributed by atoms with van der Waals surface area (Å²) in [4.78, 5) is 0. The molecule has 0 aliphatic heterocycles. The van der Waals surface area contributed by atoms with Gasteiger partial charge in [-0.2, -0.15) is 0 Å². The molecule has 20 heavy (non-hydrogen) atoms. The predicted octanol–water partition coefficient (Wildman–Crippen LogP) is 6.32. The van der Waals surface area contributed by atoms with E-state index in [9.17, 15) is 0 Å². The Bertz CT molecular complexity index is 208. The van der Waals surface area contributed by atoms with E-state index in [1.54, 1.807) is 0 Å². The molecule has 0 aromatic carbocycles. The van der Waals surface area contributed by atoms with E-state index < -0.39 is 9.04 Å². The van der Waals surface area contributed by atoms with Crippen LogP contribution >= 0.6 is 0 Å². The molecule has 0 amide bonds. The Kier molecular flexibility index (Phi) is 11.9. The van der Waals surface area contributed by atoms with Crippen LogP contribution in [0.25, 0.3) is 0 Å². The van der Waals surface area contributed by atoms with Crippen LogP contribution < -0.4 is 0 Å². The normalized spacial score (nSPS) is 13.9. The van der Waals surface area contributed by atoms with E-state index in [4.69, 9.17) is 4.43 Å². The topological polar surface area (TPSA) is 9.23 Å². The smallest absolute Gasteiger partial charge is 0.171 e. The van der Waals surface area contributed by atoms with Crippen LogP contribution in [0.4, 0.5) is 0 Å². The molecule has 0 bridgehead atoms. The minimum Gasteiger partial charge on any atom is -0.417 e. The highest BCUT2D eigenvalue weighted by Gasteiger charge is 2.25. The van der Waals surface area contributed by atoms with Crippen LogP contribution in [0.15, 0.2) is 0 Å². The van der Waals surface area contributed by atoms with Crippen LogP contribution in [0.5, 0.6) is 0 Å². The minimum atomic E-state index is -0.910. The third-order valence-corrected chi connectivity index (χ3v) is 4.85. The molecule has 0 aromatic rings. The summed E-state index contributed by atoms with van der Waals surface area (Å²) in [5.74, 6) is 0. The van der Waals surface area contributed by atoms with Crippen molar-refractivity contribution in [1.29, 1.82) is 0 Å². The van der Waals surface area contributed by atoms with Crippen molar-refractivity contribution < 1.29 is 4.43 Å². The fourth-order valence-electron chi connectivity index (χ4n) is 2.67. The average molecular weight is 301 g/mol. The molecule has 0 rings (SSSR count). The first-order valence-corrected chi connectivity index (χ1v) is 11.8. The lowest BCUT2D eigenvalue weighted by Gasteiger charge is -2.32. The van der Waals surface area contributed by atoms with Crippen molar-refractivity contribution >= 4 is 9.04 Å². The van der Waals surface area contributed by atoms with E-state index in [1.165, 1.54) is 64.2 Å². The van der Waals surface area contributed by atoms with Crippen LogP contribution in [0, 0.1) is 5.41 Å². The van der Waals surface area contributed by atoms with E-state index in [2.05, 4.69) is 40.8 Å². The fourth-order valence-corrected chi connectivity index (χ4v) is 3.88. The molecule has 0 aliphatic rings. The molecule has 0 fully saturated rings. The Morgan fingerprint density at radius 3 is 1.65 bits per heavy atom. The summed E-state index contributed by atoms with van der Waals surface area (Å²) in [6.07, 6.45) is 14.4. The molecule has 0 saturated carbocycles.